The van der Waals surface area contributed by atoms with Crippen molar-refractivity contribution in [1.82, 2.24) is 5.32 Å². The van der Waals surface area contributed by atoms with Crippen LogP contribution in [-0.4, -0.2) is 221 Å². The molecule has 0 aromatic carbocycles. The Morgan fingerprint density at radius 1 is 0.646 bits per heavy atom. The number of aliphatic hydroxyl groups excluding tert-OH is 13. The van der Waals surface area contributed by atoms with Crippen LogP contribution in [0.25, 0.3) is 0 Å². The molecular weight excluding hydrogens is 662 g/mol. The van der Waals surface area contributed by atoms with Gasteiger partial charge in [-0.25, -0.2) is 0 Å². The molecule has 22 nitrogen and oxygen atoms in total. The predicted molar refractivity (Wildman–Crippen MR) is 145 cm³/mol. The zero-order valence-electron chi connectivity index (χ0n) is 25.5. The lowest BCUT2D eigenvalue weighted by Gasteiger charge is -2.48. The Kier molecular flexibility index (Phi) is 13.8. The van der Waals surface area contributed by atoms with Crippen molar-refractivity contribution in [2.75, 3.05) is 26.4 Å². The molecule has 0 unspecified atom stereocenters. The van der Waals surface area contributed by atoms with Crippen molar-refractivity contribution >= 4 is 5.91 Å². The SMILES string of the molecule is CC(=O)N[C@@H]1[C@@H](OC[C@H]2O[C@@H](O[C@H]3[C@H](O)[C@@H](O)[C@H](O)O[C@@H]3CO)[C@H](O)[C@@H](O[C@@H]3O[C@H](CO)[C@H](O)[C@H](O)[C@H]3O)[C@H]2O)O[C@@H]([C@@H](O)CO)[C@H]1O. The molecule has 4 aliphatic heterocycles. The van der Waals surface area contributed by atoms with Crippen LogP contribution >= 0.6 is 0 Å². The van der Waals surface area contributed by atoms with E-state index in [1.807, 2.05) is 0 Å². The smallest absolute Gasteiger partial charge is 0.217 e. The molecule has 4 aliphatic rings. The van der Waals surface area contributed by atoms with E-state index in [-0.39, 0.29) is 0 Å². The van der Waals surface area contributed by atoms with E-state index in [1.165, 1.54) is 0 Å². The number of aliphatic hydroxyl groups is 13. The highest BCUT2D eigenvalue weighted by Crippen LogP contribution is 2.33. The monoisotopic (exact) mass is 707 g/mol. The summed E-state index contributed by atoms with van der Waals surface area (Å²) in [7, 11) is 0. The highest BCUT2D eigenvalue weighted by Gasteiger charge is 2.54. The van der Waals surface area contributed by atoms with Crippen molar-refractivity contribution in [3.8, 4) is 0 Å². The van der Waals surface area contributed by atoms with Gasteiger partial charge in [-0.2, -0.15) is 0 Å². The molecule has 0 bridgehead atoms. The molecule has 20 atom stereocenters. The van der Waals surface area contributed by atoms with Crippen LogP contribution in [0, 0.1) is 0 Å². The maximum absolute atomic E-state index is 11.8. The van der Waals surface area contributed by atoms with Crippen LogP contribution in [0.5, 0.6) is 0 Å². The fourth-order valence-corrected chi connectivity index (χ4v) is 5.87. The van der Waals surface area contributed by atoms with Crippen molar-refractivity contribution in [3.05, 3.63) is 0 Å². The lowest BCUT2D eigenvalue weighted by molar-refractivity contribution is -0.380. The molecule has 4 saturated heterocycles. The summed E-state index contributed by atoms with van der Waals surface area (Å²) >= 11 is 0. The molecule has 0 aromatic rings. The van der Waals surface area contributed by atoms with Gasteiger partial charge in [-0.3, -0.25) is 4.79 Å². The number of amides is 1. The van der Waals surface area contributed by atoms with Gasteiger partial charge in [-0.15, -0.1) is 0 Å². The zero-order chi connectivity index (χ0) is 35.6. The quantitative estimate of drug-likeness (QED) is 0.0895. The topological polar surface area (TPSA) is 357 Å². The summed E-state index contributed by atoms with van der Waals surface area (Å²) in [6.45, 7) is -2.11. The van der Waals surface area contributed by atoms with Gasteiger partial charge in [-0.05, 0) is 0 Å². The van der Waals surface area contributed by atoms with E-state index in [2.05, 4.69) is 5.32 Å². The van der Waals surface area contributed by atoms with E-state index >= 15 is 0 Å². The molecule has 0 spiro atoms. The lowest BCUT2D eigenvalue weighted by atomic mass is 9.96. The molecular formula is C26H45NO21. The normalized spacial score (nSPS) is 49.1. The van der Waals surface area contributed by atoms with Crippen molar-refractivity contribution in [1.29, 1.82) is 0 Å². The third-order valence-electron chi connectivity index (χ3n) is 8.56. The van der Waals surface area contributed by atoms with Crippen LogP contribution in [-0.2, 0) is 38.0 Å². The second kappa shape index (κ2) is 16.8. The van der Waals surface area contributed by atoms with E-state index in [0.29, 0.717) is 0 Å². The summed E-state index contributed by atoms with van der Waals surface area (Å²) in [5.74, 6) is -0.632. The van der Waals surface area contributed by atoms with Gasteiger partial charge in [0.2, 0.25) is 5.91 Å². The van der Waals surface area contributed by atoms with Crippen LogP contribution in [0.2, 0.25) is 0 Å². The minimum Gasteiger partial charge on any atom is -0.394 e. The zero-order valence-corrected chi connectivity index (χ0v) is 25.5. The molecule has 280 valence electrons. The third-order valence-corrected chi connectivity index (χ3v) is 8.56. The van der Waals surface area contributed by atoms with Crippen LogP contribution in [0.3, 0.4) is 0 Å². The molecule has 0 saturated carbocycles. The van der Waals surface area contributed by atoms with Gasteiger partial charge < -0.3 is 105 Å². The molecule has 22 heteroatoms. The molecule has 4 rings (SSSR count). The Morgan fingerprint density at radius 3 is 1.85 bits per heavy atom. The molecule has 0 aromatic heterocycles. The van der Waals surface area contributed by atoms with Crippen LogP contribution in [0.4, 0.5) is 0 Å². The molecule has 48 heavy (non-hydrogen) atoms. The molecule has 0 radical (unpaired) electrons. The second-order valence-corrected chi connectivity index (χ2v) is 11.9. The summed E-state index contributed by atoms with van der Waals surface area (Å²) in [5.41, 5.74) is 0. The average Bonchev–Trinajstić information content (AvgIpc) is 3.36. The first-order chi connectivity index (χ1) is 22.6. The van der Waals surface area contributed by atoms with E-state index in [1.54, 1.807) is 0 Å². The van der Waals surface area contributed by atoms with Crippen molar-refractivity contribution in [2.45, 2.75) is 130 Å². The average molecular weight is 708 g/mol. The minimum atomic E-state index is -2.06. The third kappa shape index (κ3) is 8.24. The highest BCUT2D eigenvalue weighted by atomic mass is 16.8. The van der Waals surface area contributed by atoms with E-state index in [4.69, 9.17) is 33.2 Å². The van der Waals surface area contributed by atoms with Gasteiger partial charge in [0.05, 0.1) is 26.4 Å². The summed E-state index contributed by atoms with van der Waals surface area (Å²) in [6, 6.07) is -1.30. The Hall–Kier alpha value is -1.33. The Morgan fingerprint density at radius 2 is 1.25 bits per heavy atom. The van der Waals surface area contributed by atoms with Crippen molar-refractivity contribution in [2.24, 2.45) is 0 Å². The van der Waals surface area contributed by atoms with Gasteiger partial charge in [0, 0.05) is 6.92 Å². The largest absolute Gasteiger partial charge is 0.394 e. The summed E-state index contributed by atoms with van der Waals surface area (Å²) in [5, 5.41) is 136. The fourth-order valence-electron chi connectivity index (χ4n) is 5.87. The Balaban J connectivity index is 1.58. The fraction of sp³-hybridized carbons (Fsp3) is 0.962. The van der Waals surface area contributed by atoms with E-state index < -0.39 is 155 Å². The minimum absolute atomic E-state index is 0.632. The summed E-state index contributed by atoms with van der Waals surface area (Å²) < 4.78 is 38.5. The van der Waals surface area contributed by atoms with E-state index in [0.717, 1.165) is 6.92 Å². The van der Waals surface area contributed by atoms with Crippen molar-refractivity contribution in [3.63, 3.8) is 0 Å². The first kappa shape index (κ1) is 39.5. The molecule has 0 aliphatic carbocycles. The molecule has 1 amide bonds. The van der Waals surface area contributed by atoms with Gasteiger partial charge >= 0.3 is 0 Å². The second-order valence-electron chi connectivity index (χ2n) is 11.9. The number of carbonyl (C=O) groups is 1. The Bertz CT molecular complexity index is 1030. The number of hydrogen-bond acceptors (Lipinski definition) is 21. The van der Waals surface area contributed by atoms with E-state index in [9.17, 15) is 71.2 Å². The number of ether oxygens (including phenoxy) is 7. The van der Waals surface area contributed by atoms with Gasteiger partial charge in [0.15, 0.2) is 25.2 Å². The van der Waals surface area contributed by atoms with Gasteiger partial charge in [0.25, 0.3) is 0 Å². The summed E-state index contributed by atoms with van der Waals surface area (Å²) in [4.78, 5) is 11.8. The van der Waals surface area contributed by atoms with Crippen LogP contribution in [0.15, 0.2) is 0 Å². The number of carbonyl (C=O) groups excluding carboxylic acids is 1. The molecule has 14 N–H and O–H groups in total. The maximum atomic E-state index is 11.8. The number of rotatable bonds is 12. The predicted octanol–water partition coefficient (Wildman–Crippen LogP) is -9.61. The maximum Gasteiger partial charge on any atom is 0.217 e. The molecule has 4 heterocycles. The first-order valence-corrected chi connectivity index (χ1v) is 15.1. The first-order valence-electron chi connectivity index (χ1n) is 15.1. The Labute approximate surface area is 272 Å². The molecule has 4 fully saturated rings. The summed E-state index contributed by atoms with van der Waals surface area (Å²) in [6.07, 6.45) is -33.5. The van der Waals surface area contributed by atoms with Gasteiger partial charge in [0.1, 0.15) is 97.6 Å². The van der Waals surface area contributed by atoms with Crippen molar-refractivity contribution < 1.29 is 104 Å². The van der Waals surface area contributed by atoms with Crippen LogP contribution in [0.1, 0.15) is 6.92 Å². The number of nitrogens with one attached hydrogen (secondary N) is 1. The van der Waals surface area contributed by atoms with Gasteiger partial charge in [-0.1, -0.05) is 0 Å². The standard InChI is InChI=1S/C26H45NO21/c1-6(31)27-11-14(35)20(7(32)2-28)46-24(11)42-5-10-13(34)22(48-25-18(39)15(36)12(33)8(3-29)44-25)19(40)26(45-10)47-21-9(4-30)43-23(41)17(38)16(21)37/h7-26,28-30,32-41H,2-5H2,1H3,(H,27,31)/t7-,8+,9+,10+,11-,12-,13-,14-,15-,16+,17+,18+,19+,20-,21+,22-,23+,24-,25-,26-/m0/s1. The van der Waals surface area contributed by atoms with Crippen LogP contribution < -0.4 is 5.32 Å². The highest BCUT2D eigenvalue weighted by molar-refractivity contribution is 5.73. The lowest BCUT2D eigenvalue weighted by Crippen LogP contribution is -2.67. The number of hydrogen-bond donors (Lipinski definition) is 14.